The molecule has 190 valence electrons. The van der Waals surface area contributed by atoms with Crippen LogP contribution >= 0.6 is 0 Å². The highest BCUT2D eigenvalue weighted by Crippen LogP contribution is 2.30. The van der Waals surface area contributed by atoms with Crippen molar-refractivity contribution in [2.75, 3.05) is 18.2 Å². The summed E-state index contributed by atoms with van der Waals surface area (Å²) in [5.74, 6) is 2.35. The molecule has 0 aliphatic carbocycles. The van der Waals surface area contributed by atoms with Gasteiger partial charge >= 0.3 is 5.69 Å². The Balaban J connectivity index is 1.93. The van der Waals surface area contributed by atoms with Crippen molar-refractivity contribution in [1.29, 1.82) is 5.41 Å². The molecule has 0 fully saturated rings. The van der Waals surface area contributed by atoms with Crippen LogP contribution in [-0.2, 0) is 0 Å². The molecule has 4 N–H and O–H groups in total. The van der Waals surface area contributed by atoms with E-state index in [1.807, 2.05) is 68.5 Å². The van der Waals surface area contributed by atoms with Gasteiger partial charge in [-0.2, -0.15) is 0 Å². The van der Waals surface area contributed by atoms with Crippen LogP contribution in [0.1, 0.15) is 31.5 Å². The molecule has 3 aromatic carbocycles. The van der Waals surface area contributed by atoms with Crippen molar-refractivity contribution in [2.45, 2.75) is 27.2 Å². The summed E-state index contributed by atoms with van der Waals surface area (Å²) < 4.78 is 14.4. The van der Waals surface area contributed by atoms with Crippen molar-refractivity contribution < 1.29 is 9.47 Å². The van der Waals surface area contributed by atoms with Gasteiger partial charge in [0.1, 0.15) is 28.8 Å². The average molecular weight is 498 g/mol. The fourth-order valence-corrected chi connectivity index (χ4v) is 4.12. The number of rotatable bonds is 9. The van der Waals surface area contributed by atoms with E-state index in [0.29, 0.717) is 40.1 Å². The van der Waals surface area contributed by atoms with E-state index in [-0.39, 0.29) is 11.4 Å². The Bertz CT molecular complexity index is 1520. The van der Waals surface area contributed by atoms with E-state index < -0.39 is 0 Å². The molecule has 0 unspecified atom stereocenters. The Kier molecular flexibility index (Phi) is 7.48. The number of hydrogen-bond donors (Lipinski definition) is 3. The van der Waals surface area contributed by atoms with Gasteiger partial charge in [-0.1, -0.05) is 31.2 Å². The van der Waals surface area contributed by atoms with E-state index in [0.717, 1.165) is 17.7 Å². The SMILES string of the molecule is CC/C=C/Nc1c(C(C)=N)n(-c2ccc(Oc3ccccc3)cc2C)c(=O)n1-c1cc(N)cc(OC)c1. The first-order chi connectivity index (χ1) is 17.8. The Hall–Kier alpha value is -4.72. The van der Waals surface area contributed by atoms with Crippen LogP contribution in [0.2, 0.25) is 0 Å². The van der Waals surface area contributed by atoms with E-state index in [4.69, 9.17) is 20.6 Å². The van der Waals surface area contributed by atoms with Gasteiger partial charge in [-0.15, -0.1) is 0 Å². The minimum absolute atomic E-state index is 0.225. The maximum absolute atomic E-state index is 14.0. The highest BCUT2D eigenvalue weighted by molar-refractivity contribution is 6.00. The first-order valence-electron chi connectivity index (χ1n) is 12.0. The van der Waals surface area contributed by atoms with Crippen LogP contribution in [0.15, 0.2) is 83.8 Å². The molecule has 8 heteroatoms. The highest BCUT2D eigenvalue weighted by Gasteiger charge is 2.24. The summed E-state index contributed by atoms with van der Waals surface area (Å²) in [6.45, 7) is 5.59. The molecular weight excluding hydrogens is 466 g/mol. The predicted octanol–water partition coefficient (Wildman–Crippen LogP) is 6.04. The number of nitrogens with two attached hydrogens (primary N) is 1. The largest absolute Gasteiger partial charge is 0.497 e. The number of aromatic nitrogens is 2. The number of allylic oxidation sites excluding steroid dienone is 1. The average Bonchev–Trinajstić information content (AvgIpc) is 3.16. The van der Waals surface area contributed by atoms with Crippen LogP contribution < -0.4 is 26.2 Å². The Morgan fingerprint density at radius 3 is 2.43 bits per heavy atom. The Labute approximate surface area is 216 Å². The Morgan fingerprint density at radius 1 is 1.03 bits per heavy atom. The number of nitrogens with zero attached hydrogens (tertiary/aromatic N) is 2. The summed E-state index contributed by atoms with van der Waals surface area (Å²) in [4.78, 5) is 14.0. The smallest absolute Gasteiger partial charge is 0.339 e. The molecule has 4 aromatic rings. The predicted molar refractivity (Wildman–Crippen MR) is 149 cm³/mol. The van der Waals surface area contributed by atoms with Crippen LogP contribution in [0, 0.1) is 12.3 Å². The number of nitrogens with one attached hydrogen (secondary N) is 2. The monoisotopic (exact) mass is 497 g/mol. The van der Waals surface area contributed by atoms with Crippen LogP contribution in [0.4, 0.5) is 11.5 Å². The number of aryl methyl sites for hydroxylation is 1. The second-order valence-electron chi connectivity index (χ2n) is 8.56. The number of methoxy groups -OCH3 is 1. The summed E-state index contributed by atoms with van der Waals surface area (Å²) in [5.41, 5.74) is 8.88. The lowest BCUT2D eigenvalue weighted by atomic mass is 10.1. The van der Waals surface area contributed by atoms with Gasteiger partial charge in [0.2, 0.25) is 0 Å². The van der Waals surface area contributed by atoms with Gasteiger partial charge in [-0.25, -0.2) is 9.36 Å². The third-order valence-electron chi connectivity index (χ3n) is 5.78. The molecule has 0 amide bonds. The molecule has 0 bridgehead atoms. The molecule has 4 rings (SSSR count). The van der Waals surface area contributed by atoms with Crippen LogP contribution in [0.3, 0.4) is 0 Å². The van der Waals surface area contributed by atoms with E-state index >= 15 is 0 Å². The van der Waals surface area contributed by atoms with Crippen LogP contribution in [0.25, 0.3) is 11.4 Å². The summed E-state index contributed by atoms with van der Waals surface area (Å²) in [5, 5.41) is 11.8. The first-order valence-corrected chi connectivity index (χ1v) is 12.0. The molecule has 0 spiro atoms. The molecule has 0 radical (unpaired) electrons. The minimum atomic E-state index is -0.346. The van der Waals surface area contributed by atoms with Gasteiger partial charge in [0.05, 0.1) is 24.2 Å². The van der Waals surface area contributed by atoms with Gasteiger partial charge < -0.3 is 25.9 Å². The van der Waals surface area contributed by atoms with E-state index in [1.165, 1.54) is 4.57 Å². The molecule has 0 saturated carbocycles. The molecule has 37 heavy (non-hydrogen) atoms. The van der Waals surface area contributed by atoms with Gasteiger partial charge in [0.25, 0.3) is 0 Å². The van der Waals surface area contributed by atoms with Gasteiger partial charge in [0, 0.05) is 17.8 Å². The van der Waals surface area contributed by atoms with Crippen molar-refractivity contribution in [3.05, 3.63) is 101 Å². The van der Waals surface area contributed by atoms with Crippen LogP contribution in [0.5, 0.6) is 17.2 Å². The zero-order valence-electron chi connectivity index (χ0n) is 21.4. The van der Waals surface area contributed by atoms with Gasteiger partial charge in [0.15, 0.2) is 0 Å². The first kappa shape index (κ1) is 25.4. The fraction of sp³-hybridized carbons (Fsp3) is 0.172. The van der Waals surface area contributed by atoms with Crippen molar-refractivity contribution in [2.24, 2.45) is 0 Å². The minimum Gasteiger partial charge on any atom is -0.497 e. The summed E-state index contributed by atoms with van der Waals surface area (Å²) in [7, 11) is 1.55. The summed E-state index contributed by atoms with van der Waals surface area (Å²) in [6, 6.07) is 20.2. The maximum atomic E-state index is 14.0. The number of anilines is 2. The Morgan fingerprint density at radius 2 is 1.78 bits per heavy atom. The number of ether oxygens (including phenoxy) is 2. The molecule has 0 saturated heterocycles. The zero-order valence-corrected chi connectivity index (χ0v) is 21.4. The van der Waals surface area contributed by atoms with Crippen molar-refractivity contribution in [1.82, 2.24) is 9.13 Å². The third-order valence-corrected chi connectivity index (χ3v) is 5.78. The van der Waals surface area contributed by atoms with E-state index in [9.17, 15) is 4.79 Å². The molecular formula is C29H31N5O3. The number of imidazole rings is 1. The lowest BCUT2D eigenvalue weighted by Crippen LogP contribution is -2.24. The summed E-state index contributed by atoms with van der Waals surface area (Å²) >= 11 is 0. The van der Waals surface area contributed by atoms with Crippen LogP contribution in [-0.4, -0.2) is 22.0 Å². The molecule has 0 atom stereocenters. The fourth-order valence-electron chi connectivity index (χ4n) is 4.12. The molecule has 0 aliphatic rings. The molecule has 1 heterocycles. The van der Waals surface area contributed by atoms with Gasteiger partial charge in [-0.05, 0) is 68.4 Å². The van der Waals surface area contributed by atoms with E-state index in [1.54, 1.807) is 43.0 Å². The van der Waals surface area contributed by atoms with E-state index in [2.05, 4.69) is 5.32 Å². The quantitative estimate of drug-likeness (QED) is 0.193. The lowest BCUT2D eigenvalue weighted by molar-refractivity contribution is 0.415. The zero-order chi connectivity index (χ0) is 26.5. The number of benzene rings is 3. The van der Waals surface area contributed by atoms with Gasteiger partial charge in [-0.3, -0.25) is 4.57 Å². The highest BCUT2D eigenvalue weighted by atomic mass is 16.5. The summed E-state index contributed by atoms with van der Waals surface area (Å²) in [6.07, 6.45) is 4.52. The lowest BCUT2D eigenvalue weighted by Gasteiger charge is -2.13. The molecule has 0 aliphatic heterocycles. The molecule has 1 aromatic heterocycles. The maximum Gasteiger partial charge on any atom is 0.339 e. The standard InChI is InChI=1S/C29H31N5O3/c1-5-6-14-32-28-27(20(3)30)34(29(35)33(28)22-16-21(31)17-25(18-22)36-4)26-13-12-24(15-19(26)2)37-23-10-8-7-9-11-23/h6-18,30,32H,5,31H2,1-4H3/b14-6+,30-20?. The molecule has 8 nitrogen and oxygen atoms in total. The number of para-hydroxylation sites is 1. The van der Waals surface area contributed by atoms with Crippen molar-refractivity contribution in [3.8, 4) is 28.6 Å². The number of hydrogen-bond acceptors (Lipinski definition) is 6. The number of nitrogen functional groups attached to an aromatic ring is 1. The van der Waals surface area contributed by atoms with Crippen molar-refractivity contribution in [3.63, 3.8) is 0 Å². The third kappa shape index (κ3) is 5.28. The topological polar surface area (TPSA) is 107 Å². The second kappa shape index (κ2) is 10.9. The van der Waals surface area contributed by atoms with Crippen molar-refractivity contribution >= 4 is 17.2 Å². The normalized spacial score (nSPS) is 11.0. The second-order valence-corrected chi connectivity index (χ2v) is 8.56.